The van der Waals surface area contributed by atoms with Crippen molar-refractivity contribution in [2.75, 3.05) is 9.80 Å². The number of hydrogen-bond acceptors (Lipinski definition) is 2. The van der Waals surface area contributed by atoms with Crippen LogP contribution in [0.3, 0.4) is 0 Å². The van der Waals surface area contributed by atoms with Crippen molar-refractivity contribution < 1.29 is 0 Å². The van der Waals surface area contributed by atoms with Gasteiger partial charge in [0, 0.05) is 39.5 Å². The maximum atomic E-state index is 2.43. The Morgan fingerprint density at radius 2 is 0.538 bits per heavy atom. The van der Waals surface area contributed by atoms with Crippen LogP contribution >= 0.6 is 0 Å². The zero-order chi connectivity index (χ0) is 46.4. The maximum absolute atomic E-state index is 2.43. The number of rotatable bonds is 6. The van der Waals surface area contributed by atoms with E-state index in [2.05, 4.69) is 264 Å². The van der Waals surface area contributed by atoms with E-state index in [0.717, 1.165) is 34.1 Å². The number of nitrogens with zero attached hydrogens (tertiary/aromatic N) is 2. The Bertz CT molecular complexity index is 2720. The molecule has 8 aromatic carbocycles. The van der Waals surface area contributed by atoms with Crippen LogP contribution in [0.2, 0.25) is 0 Å². The van der Waals surface area contributed by atoms with Crippen LogP contribution < -0.4 is 9.80 Å². The normalized spacial score (nSPS) is 13.8. The third-order valence-corrected chi connectivity index (χ3v) is 14.0. The van der Waals surface area contributed by atoms with Gasteiger partial charge >= 0.3 is 0 Å². The predicted molar refractivity (Wildman–Crippen MR) is 283 cm³/mol. The Kier molecular flexibility index (Phi) is 10.5. The fourth-order valence-corrected chi connectivity index (χ4v) is 10.2. The van der Waals surface area contributed by atoms with Gasteiger partial charge in [-0.05, 0) is 161 Å². The molecule has 1 aliphatic rings. The Balaban J connectivity index is 1.12. The minimum absolute atomic E-state index is 0.0806. The first kappa shape index (κ1) is 44.1. The van der Waals surface area contributed by atoms with Gasteiger partial charge in [-0.15, -0.1) is 0 Å². The highest BCUT2D eigenvalue weighted by Crippen LogP contribution is 2.54. The Morgan fingerprint density at radius 3 is 0.785 bits per heavy atom. The van der Waals surface area contributed by atoms with E-state index >= 15 is 0 Å². The molecule has 1 aliphatic carbocycles. The van der Waals surface area contributed by atoms with Gasteiger partial charge in [-0.2, -0.15) is 0 Å². The van der Waals surface area contributed by atoms with E-state index in [1.165, 1.54) is 66.1 Å². The topological polar surface area (TPSA) is 6.48 Å². The molecule has 0 aliphatic heterocycles. The molecule has 0 radical (unpaired) electrons. The van der Waals surface area contributed by atoms with Gasteiger partial charge in [0.2, 0.25) is 0 Å². The Morgan fingerprint density at radius 1 is 0.292 bits per heavy atom. The summed E-state index contributed by atoms with van der Waals surface area (Å²) in [5, 5.41) is 5.13. The highest BCUT2D eigenvalue weighted by molar-refractivity contribution is 6.05. The summed E-state index contributed by atoms with van der Waals surface area (Å²) in [6.45, 7) is 32.2. The van der Waals surface area contributed by atoms with Crippen molar-refractivity contribution >= 4 is 55.7 Å². The van der Waals surface area contributed by atoms with Gasteiger partial charge < -0.3 is 9.80 Å². The van der Waals surface area contributed by atoms with Crippen LogP contribution in [0.4, 0.5) is 34.1 Å². The van der Waals surface area contributed by atoms with Crippen molar-refractivity contribution in [2.45, 2.75) is 124 Å². The molecule has 0 saturated heterocycles. The predicted octanol–water partition coefficient (Wildman–Crippen LogP) is 18.4. The average Bonchev–Trinajstić information content (AvgIpc) is 3.49. The SMILES string of the molecule is CC(C)(C)c1ccc(N(c2ccc(C(C)(C)C)cc2)c2ccc3c4c(ccc3c2)-c2ccc3cc(N(c5ccc(C(C)(C)C)cc5)c5ccc(C(C)(C)C)cc5)ccc3c2C4(C)C)cc1. The standard InChI is InChI=1S/C63H68N2/c1-59(2,3)43-17-25-47(26-18-43)64(48-27-19-44(20-28-48)60(4,5)6)51-33-37-53-41(39-51)15-35-55-56-36-16-42-40-52(34-38-54(42)58(56)63(13,14)57(53)55)65(49-29-21-45(22-30-49)61(7,8)9)50-31-23-46(24-32-50)62(10,11)12/h15-40H,1-14H3. The van der Waals surface area contributed by atoms with Crippen molar-refractivity contribution in [3.63, 3.8) is 0 Å². The molecule has 0 N–H and O–H groups in total. The molecule has 0 aromatic heterocycles. The molecule has 65 heavy (non-hydrogen) atoms. The highest BCUT2D eigenvalue weighted by Gasteiger charge is 2.38. The Hall–Kier alpha value is -6.12. The molecule has 0 unspecified atom stereocenters. The second-order valence-electron chi connectivity index (χ2n) is 23.3. The molecule has 0 amide bonds. The van der Waals surface area contributed by atoms with Crippen LogP contribution in [0.5, 0.6) is 0 Å². The molecule has 8 aromatic rings. The minimum Gasteiger partial charge on any atom is -0.310 e. The second kappa shape index (κ2) is 15.5. The van der Waals surface area contributed by atoms with E-state index in [-0.39, 0.29) is 27.1 Å². The van der Waals surface area contributed by atoms with E-state index < -0.39 is 0 Å². The quantitative estimate of drug-likeness (QED) is 0.164. The first-order chi connectivity index (χ1) is 30.5. The summed E-state index contributed by atoms with van der Waals surface area (Å²) >= 11 is 0. The summed E-state index contributed by atoms with van der Waals surface area (Å²) < 4.78 is 0. The van der Waals surface area contributed by atoms with Crippen molar-refractivity contribution in [2.24, 2.45) is 0 Å². The molecule has 2 heteroatoms. The van der Waals surface area contributed by atoms with Crippen LogP contribution in [0.25, 0.3) is 32.7 Å². The third-order valence-electron chi connectivity index (χ3n) is 14.0. The third kappa shape index (κ3) is 8.05. The fraction of sp³-hybridized carbons (Fsp3) is 0.302. The van der Waals surface area contributed by atoms with Crippen LogP contribution in [-0.2, 0) is 27.1 Å². The monoisotopic (exact) mass is 853 g/mol. The molecule has 0 spiro atoms. The van der Waals surface area contributed by atoms with Gasteiger partial charge in [0.1, 0.15) is 0 Å². The number of benzene rings is 8. The zero-order valence-corrected chi connectivity index (χ0v) is 41.4. The molecule has 0 heterocycles. The van der Waals surface area contributed by atoms with Gasteiger partial charge in [-0.1, -0.05) is 182 Å². The zero-order valence-electron chi connectivity index (χ0n) is 41.4. The summed E-state index contributed by atoms with van der Waals surface area (Å²) in [6.07, 6.45) is 0. The first-order valence-corrected chi connectivity index (χ1v) is 23.7. The molecule has 0 fully saturated rings. The highest BCUT2D eigenvalue weighted by atomic mass is 15.1. The lowest BCUT2D eigenvalue weighted by atomic mass is 9.78. The van der Waals surface area contributed by atoms with Gasteiger partial charge in [0.25, 0.3) is 0 Å². The van der Waals surface area contributed by atoms with Crippen molar-refractivity contribution in [3.05, 3.63) is 191 Å². The van der Waals surface area contributed by atoms with E-state index in [0.29, 0.717) is 0 Å². The molecule has 0 bridgehead atoms. The molecule has 9 rings (SSSR count). The van der Waals surface area contributed by atoms with E-state index in [9.17, 15) is 0 Å². The summed E-state index contributed by atoms with van der Waals surface area (Å²) in [7, 11) is 0. The summed E-state index contributed by atoms with van der Waals surface area (Å²) in [5.74, 6) is 0. The van der Waals surface area contributed by atoms with Gasteiger partial charge in [0.15, 0.2) is 0 Å². The largest absolute Gasteiger partial charge is 0.310 e. The van der Waals surface area contributed by atoms with Gasteiger partial charge in [-0.25, -0.2) is 0 Å². The first-order valence-electron chi connectivity index (χ1n) is 23.7. The van der Waals surface area contributed by atoms with E-state index in [1.54, 1.807) is 0 Å². The van der Waals surface area contributed by atoms with Crippen molar-refractivity contribution in [1.82, 2.24) is 0 Å². The smallest absolute Gasteiger partial charge is 0.0468 e. The molecule has 2 nitrogen and oxygen atoms in total. The lowest BCUT2D eigenvalue weighted by Gasteiger charge is -2.29. The van der Waals surface area contributed by atoms with E-state index in [1.807, 2.05) is 0 Å². The van der Waals surface area contributed by atoms with Crippen LogP contribution in [0.15, 0.2) is 158 Å². The fourth-order valence-electron chi connectivity index (χ4n) is 10.2. The van der Waals surface area contributed by atoms with Crippen LogP contribution in [0, 0.1) is 0 Å². The molecule has 0 atom stereocenters. The Labute approximate surface area is 390 Å². The summed E-state index contributed by atoms with van der Waals surface area (Å²) in [5.41, 5.74) is 17.8. The number of hydrogen-bond donors (Lipinski definition) is 0. The van der Waals surface area contributed by atoms with Gasteiger partial charge in [0.05, 0.1) is 0 Å². The van der Waals surface area contributed by atoms with Crippen LogP contribution in [0.1, 0.15) is 130 Å². The second-order valence-corrected chi connectivity index (χ2v) is 23.3. The minimum atomic E-state index is -0.219. The summed E-state index contributed by atoms with van der Waals surface area (Å²) in [6, 6.07) is 60.2. The van der Waals surface area contributed by atoms with Gasteiger partial charge in [-0.3, -0.25) is 0 Å². The van der Waals surface area contributed by atoms with Crippen molar-refractivity contribution in [1.29, 1.82) is 0 Å². The van der Waals surface area contributed by atoms with E-state index in [4.69, 9.17) is 0 Å². The lowest BCUT2D eigenvalue weighted by Crippen LogP contribution is -2.17. The number of anilines is 6. The van der Waals surface area contributed by atoms with Crippen molar-refractivity contribution in [3.8, 4) is 11.1 Å². The maximum Gasteiger partial charge on any atom is 0.0468 e. The molecular weight excluding hydrogens is 785 g/mol. The molecule has 330 valence electrons. The average molecular weight is 853 g/mol. The molecular formula is C63H68N2. The van der Waals surface area contributed by atoms with Crippen LogP contribution in [-0.4, -0.2) is 0 Å². The number of fused-ring (bicyclic) bond motifs is 7. The lowest BCUT2D eigenvalue weighted by molar-refractivity contribution is 0.590. The summed E-state index contributed by atoms with van der Waals surface area (Å²) in [4.78, 5) is 4.83. The molecule has 0 saturated carbocycles.